The first kappa shape index (κ1) is 15.9. The first-order valence-corrected chi connectivity index (χ1v) is 7.57. The smallest absolute Gasteiger partial charge is 0.162 e. The first-order valence-electron chi connectivity index (χ1n) is 6.58. The van der Waals surface area contributed by atoms with Gasteiger partial charge in [0.1, 0.15) is 5.82 Å². The average Bonchev–Trinajstić information content (AvgIpc) is 2.48. The summed E-state index contributed by atoms with van der Waals surface area (Å²) in [5.74, 6) is -1.28. The van der Waals surface area contributed by atoms with E-state index in [1.165, 1.54) is 30.0 Å². The Hall–Kier alpha value is -1.46. The molecule has 21 heavy (non-hydrogen) atoms. The minimum absolute atomic E-state index is 0.0328. The molecule has 0 heterocycles. The van der Waals surface area contributed by atoms with E-state index in [2.05, 4.69) is 5.32 Å². The van der Waals surface area contributed by atoms with E-state index in [0.717, 1.165) is 11.0 Å². The van der Waals surface area contributed by atoms with E-state index in [4.69, 9.17) is 0 Å². The predicted octanol–water partition coefficient (Wildman–Crippen LogP) is 4.03. The van der Waals surface area contributed by atoms with Gasteiger partial charge in [-0.3, -0.25) is 0 Å². The summed E-state index contributed by atoms with van der Waals surface area (Å²) >= 11 is 1.48. The average molecular weight is 311 g/mol. The molecule has 0 saturated carbocycles. The van der Waals surface area contributed by atoms with Crippen LogP contribution in [0.15, 0.2) is 47.4 Å². The Morgan fingerprint density at radius 1 is 1.10 bits per heavy atom. The van der Waals surface area contributed by atoms with E-state index in [9.17, 15) is 13.2 Å². The van der Waals surface area contributed by atoms with Gasteiger partial charge in [0.05, 0.1) is 0 Å². The molecule has 2 aromatic carbocycles. The Morgan fingerprint density at radius 2 is 1.86 bits per heavy atom. The van der Waals surface area contributed by atoms with Crippen LogP contribution in [0.5, 0.6) is 0 Å². The Balaban J connectivity index is 1.99. The summed E-state index contributed by atoms with van der Waals surface area (Å²) in [6.45, 7) is 0. The second-order valence-corrected chi connectivity index (χ2v) is 5.76. The van der Waals surface area contributed by atoms with E-state index in [1.807, 2.05) is 6.07 Å². The van der Waals surface area contributed by atoms with Crippen LogP contribution >= 0.6 is 11.8 Å². The molecule has 2 aromatic rings. The van der Waals surface area contributed by atoms with E-state index in [1.54, 1.807) is 19.2 Å². The van der Waals surface area contributed by atoms with Crippen LogP contribution < -0.4 is 5.32 Å². The van der Waals surface area contributed by atoms with Crippen molar-refractivity contribution in [2.75, 3.05) is 12.8 Å². The SMILES string of the molecule is CNC(CSc1cccc(F)c1)Cc1cccc(F)c1F. The standard InChI is InChI=1S/C16H16F3NS/c1-20-13(8-11-4-2-7-15(18)16(11)19)10-21-14-6-3-5-12(17)9-14/h2-7,9,13,20H,8,10H2,1H3. The van der Waals surface area contributed by atoms with Gasteiger partial charge in [0.25, 0.3) is 0 Å². The molecule has 0 radical (unpaired) electrons. The predicted molar refractivity (Wildman–Crippen MR) is 80.0 cm³/mol. The van der Waals surface area contributed by atoms with Crippen molar-refractivity contribution < 1.29 is 13.2 Å². The Labute approximate surface area is 126 Å². The van der Waals surface area contributed by atoms with Gasteiger partial charge in [-0.05, 0) is 43.3 Å². The number of nitrogens with one attached hydrogen (secondary N) is 1. The summed E-state index contributed by atoms with van der Waals surface area (Å²) in [6, 6.07) is 10.5. The second kappa shape index (κ2) is 7.52. The van der Waals surface area contributed by atoms with E-state index >= 15 is 0 Å². The van der Waals surface area contributed by atoms with Crippen molar-refractivity contribution in [2.45, 2.75) is 17.4 Å². The van der Waals surface area contributed by atoms with Crippen LogP contribution in [0.4, 0.5) is 13.2 Å². The van der Waals surface area contributed by atoms with Crippen molar-refractivity contribution in [3.8, 4) is 0 Å². The summed E-state index contributed by atoms with van der Waals surface area (Å²) in [7, 11) is 1.77. The maximum absolute atomic E-state index is 13.7. The lowest BCUT2D eigenvalue weighted by atomic mass is 10.1. The van der Waals surface area contributed by atoms with Crippen molar-refractivity contribution in [3.63, 3.8) is 0 Å². The molecule has 0 amide bonds. The zero-order chi connectivity index (χ0) is 15.2. The molecule has 112 valence electrons. The highest BCUT2D eigenvalue weighted by Gasteiger charge is 2.13. The molecule has 5 heteroatoms. The molecule has 0 saturated heterocycles. The van der Waals surface area contributed by atoms with Crippen LogP contribution in [-0.2, 0) is 6.42 Å². The monoisotopic (exact) mass is 311 g/mol. The highest BCUT2D eigenvalue weighted by molar-refractivity contribution is 7.99. The summed E-state index contributed by atoms with van der Waals surface area (Å²) in [4.78, 5) is 0.815. The topological polar surface area (TPSA) is 12.0 Å². The number of halogens is 3. The zero-order valence-corrected chi connectivity index (χ0v) is 12.4. The molecular formula is C16H16F3NS. The number of hydrogen-bond acceptors (Lipinski definition) is 2. The van der Waals surface area contributed by atoms with Crippen LogP contribution in [0.2, 0.25) is 0 Å². The summed E-state index contributed by atoms with van der Waals surface area (Å²) < 4.78 is 39.9. The molecule has 0 bridgehead atoms. The maximum atomic E-state index is 13.7. The van der Waals surface area contributed by atoms with Gasteiger partial charge in [-0.15, -0.1) is 11.8 Å². The largest absolute Gasteiger partial charge is 0.316 e. The number of rotatable bonds is 6. The molecular weight excluding hydrogens is 295 g/mol. The van der Waals surface area contributed by atoms with E-state index in [0.29, 0.717) is 17.7 Å². The summed E-state index contributed by atoms with van der Waals surface area (Å²) in [6.07, 6.45) is 0.377. The molecule has 0 aromatic heterocycles. The number of likely N-dealkylation sites (N-methyl/N-ethyl adjacent to an activating group) is 1. The highest BCUT2D eigenvalue weighted by Crippen LogP contribution is 2.21. The van der Waals surface area contributed by atoms with Crippen LogP contribution in [0, 0.1) is 17.5 Å². The second-order valence-electron chi connectivity index (χ2n) is 4.67. The highest BCUT2D eigenvalue weighted by atomic mass is 32.2. The van der Waals surface area contributed by atoms with Crippen LogP contribution in [0.3, 0.4) is 0 Å². The van der Waals surface area contributed by atoms with Gasteiger partial charge in [0.2, 0.25) is 0 Å². The quantitative estimate of drug-likeness (QED) is 0.809. The minimum Gasteiger partial charge on any atom is -0.316 e. The van der Waals surface area contributed by atoms with Gasteiger partial charge in [0.15, 0.2) is 11.6 Å². The van der Waals surface area contributed by atoms with Crippen molar-refractivity contribution >= 4 is 11.8 Å². The molecule has 2 rings (SSSR count). The minimum atomic E-state index is -0.833. The molecule has 1 unspecified atom stereocenters. The summed E-state index contributed by atoms with van der Waals surface area (Å²) in [5.41, 5.74) is 0.342. The molecule has 0 aliphatic heterocycles. The normalized spacial score (nSPS) is 12.4. The van der Waals surface area contributed by atoms with Gasteiger partial charge in [-0.1, -0.05) is 18.2 Å². The van der Waals surface area contributed by atoms with Crippen molar-refractivity contribution in [3.05, 3.63) is 65.5 Å². The Bertz CT molecular complexity index is 604. The van der Waals surface area contributed by atoms with E-state index in [-0.39, 0.29) is 11.9 Å². The Kier molecular flexibility index (Phi) is 5.70. The van der Waals surface area contributed by atoms with Gasteiger partial charge in [-0.2, -0.15) is 0 Å². The van der Waals surface area contributed by atoms with Gasteiger partial charge >= 0.3 is 0 Å². The van der Waals surface area contributed by atoms with Gasteiger partial charge in [-0.25, -0.2) is 13.2 Å². The van der Waals surface area contributed by atoms with Crippen LogP contribution in [-0.4, -0.2) is 18.8 Å². The number of benzene rings is 2. The number of hydrogen-bond donors (Lipinski definition) is 1. The lowest BCUT2D eigenvalue weighted by Gasteiger charge is -2.16. The first-order chi connectivity index (χ1) is 10.1. The molecule has 0 aliphatic rings. The van der Waals surface area contributed by atoms with E-state index < -0.39 is 11.6 Å². The molecule has 0 aliphatic carbocycles. The summed E-state index contributed by atoms with van der Waals surface area (Å²) in [5, 5.41) is 3.08. The third-order valence-corrected chi connectivity index (χ3v) is 4.31. The Morgan fingerprint density at radius 3 is 2.57 bits per heavy atom. The third-order valence-electron chi connectivity index (χ3n) is 3.15. The fourth-order valence-corrected chi connectivity index (χ4v) is 3.02. The molecule has 1 atom stereocenters. The zero-order valence-electron chi connectivity index (χ0n) is 11.6. The molecule has 1 N–H and O–H groups in total. The molecule has 0 fully saturated rings. The van der Waals surface area contributed by atoms with Crippen LogP contribution in [0.25, 0.3) is 0 Å². The molecule has 0 spiro atoms. The lowest BCUT2D eigenvalue weighted by Crippen LogP contribution is -2.30. The van der Waals surface area contributed by atoms with Gasteiger partial charge < -0.3 is 5.32 Å². The number of thioether (sulfide) groups is 1. The van der Waals surface area contributed by atoms with Crippen LogP contribution in [0.1, 0.15) is 5.56 Å². The van der Waals surface area contributed by atoms with Crippen molar-refractivity contribution in [1.29, 1.82) is 0 Å². The third kappa shape index (κ3) is 4.51. The maximum Gasteiger partial charge on any atom is 0.162 e. The lowest BCUT2D eigenvalue weighted by molar-refractivity contribution is 0.490. The fourth-order valence-electron chi connectivity index (χ4n) is 1.97. The van der Waals surface area contributed by atoms with Gasteiger partial charge in [0, 0.05) is 16.7 Å². The molecule has 1 nitrogen and oxygen atoms in total. The van der Waals surface area contributed by atoms with Crippen molar-refractivity contribution in [2.24, 2.45) is 0 Å². The fraction of sp³-hybridized carbons (Fsp3) is 0.250. The van der Waals surface area contributed by atoms with Crippen molar-refractivity contribution in [1.82, 2.24) is 5.32 Å².